The molecule has 0 saturated carbocycles. The smallest absolute Gasteiger partial charge is 0.313 e. The van der Waals surface area contributed by atoms with Gasteiger partial charge in [-0.05, 0) is 69.4 Å². The number of aliphatic hydroxyl groups is 1. The molecule has 12 heteroatoms. The lowest BCUT2D eigenvalue weighted by atomic mass is 9.70. The highest BCUT2D eigenvalue weighted by atomic mass is 79.9. The molecule has 1 spiro atoms. The topological polar surface area (TPSA) is 129 Å². The van der Waals surface area contributed by atoms with Gasteiger partial charge >= 0.3 is 5.97 Å². The Morgan fingerprint density at radius 1 is 1.06 bits per heavy atom. The third-order valence-corrected chi connectivity index (χ3v) is 12.0. The second kappa shape index (κ2) is 17.6. The van der Waals surface area contributed by atoms with Gasteiger partial charge in [0.05, 0.1) is 36.6 Å². The Morgan fingerprint density at radius 3 is 2.28 bits per heavy atom. The molecule has 0 radical (unpaired) electrons. The molecule has 54 heavy (non-hydrogen) atoms. The van der Waals surface area contributed by atoms with Gasteiger partial charge in [0.2, 0.25) is 11.8 Å². The van der Waals surface area contributed by atoms with Gasteiger partial charge in [-0.2, -0.15) is 0 Å². The molecule has 3 aliphatic rings. The number of nitrogens with zero attached hydrogens (tertiary/aromatic N) is 3. The quantitative estimate of drug-likeness (QED) is 0.114. The van der Waals surface area contributed by atoms with E-state index in [9.17, 15) is 19.5 Å². The van der Waals surface area contributed by atoms with Crippen molar-refractivity contribution in [2.45, 2.75) is 94.6 Å². The number of halogens is 1. The van der Waals surface area contributed by atoms with Crippen molar-refractivity contribution >= 4 is 51.0 Å². The van der Waals surface area contributed by atoms with Crippen LogP contribution in [0.15, 0.2) is 79.9 Å². The summed E-state index contributed by atoms with van der Waals surface area (Å²) in [6.45, 7) is 18.8. The van der Waals surface area contributed by atoms with E-state index in [1.165, 1.54) is 4.90 Å². The van der Waals surface area contributed by atoms with Crippen LogP contribution in [0.1, 0.15) is 65.5 Å². The van der Waals surface area contributed by atoms with Gasteiger partial charge in [0.15, 0.2) is 0 Å². The minimum Gasteiger partial charge on any atom is -0.455 e. The second-order valence-electron chi connectivity index (χ2n) is 14.8. The molecule has 2 bridgehead atoms. The molecule has 9 atom stereocenters. The number of carbonyl (C=O) groups excluding carboxylic acids is 4. The molecule has 2 N–H and O–H groups in total. The molecule has 0 aromatic heterocycles. The molecule has 1 unspecified atom stereocenters. The highest BCUT2D eigenvalue weighted by Gasteiger charge is 2.77. The van der Waals surface area contributed by atoms with Crippen LogP contribution in [0.25, 0.3) is 0 Å². The number of amides is 3. The van der Waals surface area contributed by atoms with Crippen LogP contribution in [0, 0.1) is 17.8 Å². The van der Waals surface area contributed by atoms with Crippen LogP contribution >= 0.6 is 15.9 Å². The summed E-state index contributed by atoms with van der Waals surface area (Å²) in [6, 6.07) is 14.4. The first-order chi connectivity index (χ1) is 25.9. The molecule has 5 rings (SSSR count). The summed E-state index contributed by atoms with van der Waals surface area (Å²) in [6.07, 6.45) is 2.71. The van der Waals surface area contributed by atoms with Gasteiger partial charge in [0, 0.05) is 42.3 Å². The number of aliphatic hydroxyl groups excluding tert-OH is 1. The fraction of sp³-hybridized carbons (Fsp3) is 0.524. The highest BCUT2D eigenvalue weighted by Crippen LogP contribution is 2.61. The van der Waals surface area contributed by atoms with Crippen molar-refractivity contribution in [1.82, 2.24) is 10.2 Å². The summed E-state index contributed by atoms with van der Waals surface area (Å²) in [5.74, 6) is -4.00. The average molecular weight is 808 g/mol. The van der Waals surface area contributed by atoms with Crippen LogP contribution in [0.5, 0.6) is 0 Å². The minimum absolute atomic E-state index is 0.163. The van der Waals surface area contributed by atoms with Crippen molar-refractivity contribution in [1.29, 1.82) is 0 Å². The van der Waals surface area contributed by atoms with Crippen molar-refractivity contribution in [3.63, 3.8) is 0 Å². The number of hydrogen-bond donors (Lipinski definition) is 2. The lowest BCUT2D eigenvalue weighted by molar-refractivity contribution is -0.162. The zero-order valence-electron chi connectivity index (χ0n) is 32.0. The Labute approximate surface area is 327 Å². The summed E-state index contributed by atoms with van der Waals surface area (Å²) in [5, 5.41) is 13.7. The van der Waals surface area contributed by atoms with E-state index in [-0.39, 0.29) is 42.1 Å². The summed E-state index contributed by atoms with van der Waals surface area (Å²) in [5.41, 5.74) is 0.941. The number of hydrogen-bond acceptors (Lipinski definition) is 8. The highest BCUT2D eigenvalue weighted by molar-refractivity contribution is 9.09. The van der Waals surface area contributed by atoms with Crippen LogP contribution in [0.3, 0.4) is 0 Å². The van der Waals surface area contributed by atoms with Gasteiger partial charge in [0.25, 0.3) is 5.91 Å². The van der Waals surface area contributed by atoms with E-state index >= 15 is 4.79 Å². The van der Waals surface area contributed by atoms with Gasteiger partial charge < -0.3 is 34.6 Å². The predicted octanol–water partition coefficient (Wildman–Crippen LogP) is 5.57. The van der Waals surface area contributed by atoms with Crippen molar-refractivity contribution in [3.8, 4) is 0 Å². The predicted molar refractivity (Wildman–Crippen MR) is 213 cm³/mol. The number of ether oxygens (including phenoxy) is 2. The monoisotopic (exact) mass is 806 g/mol. The van der Waals surface area contributed by atoms with Crippen LogP contribution in [0.4, 0.5) is 11.4 Å². The number of fused-ring (bicyclic) bond motifs is 1. The number of anilines is 2. The van der Waals surface area contributed by atoms with E-state index < -0.39 is 59.6 Å². The normalized spacial score (nSPS) is 25.8. The Morgan fingerprint density at radius 2 is 1.70 bits per heavy atom. The van der Waals surface area contributed by atoms with Gasteiger partial charge in [-0.1, -0.05) is 72.3 Å². The van der Waals surface area contributed by atoms with Crippen LogP contribution in [-0.4, -0.2) is 94.6 Å². The summed E-state index contributed by atoms with van der Waals surface area (Å²) < 4.78 is 13.1. The number of esters is 1. The fourth-order valence-corrected chi connectivity index (χ4v) is 9.51. The van der Waals surface area contributed by atoms with Gasteiger partial charge in [-0.15, -0.1) is 13.2 Å². The Balaban J connectivity index is 1.54. The third-order valence-electron chi connectivity index (χ3n) is 11.2. The van der Waals surface area contributed by atoms with Crippen molar-refractivity contribution in [3.05, 3.63) is 85.5 Å². The minimum atomic E-state index is -1.38. The molecule has 3 fully saturated rings. The largest absolute Gasteiger partial charge is 0.455 e. The SMILES string of the molecule is C=CCCC(=O)N[C@@H](C)[C@H](OC(=O)[C@@H]1[C@H]2O[C@@]3(CC2Br)[C@H](C(=O)N(CC=C)c2ccc(N(CC)CC)cc2)N([C@@H](CO)C(C)C)C(=O)[C@@H]13)c1ccccc1. The van der Waals surface area contributed by atoms with Crippen molar-refractivity contribution in [2.75, 3.05) is 36.0 Å². The number of alkyl halides is 1. The Kier molecular flexibility index (Phi) is 13.4. The van der Waals surface area contributed by atoms with Gasteiger partial charge in [-0.3, -0.25) is 19.2 Å². The van der Waals surface area contributed by atoms with E-state index in [2.05, 4.69) is 53.2 Å². The zero-order valence-corrected chi connectivity index (χ0v) is 33.6. The molecule has 2 aromatic carbocycles. The second-order valence-corrected chi connectivity index (χ2v) is 16.0. The molecule has 2 aromatic rings. The van der Waals surface area contributed by atoms with E-state index in [1.54, 1.807) is 24.0 Å². The number of likely N-dealkylation sites (tertiary alicyclic amines) is 1. The number of nitrogens with one attached hydrogen (secondary N) is 1. The van der Waals surface area contributed by atoms with E-state index in [1.807, 2.05) is 68.4 Å². The molecule has 292 valence electrons. The molecule has 0 aliphatic carbocycles. The fourth-order valence-electron chi connectivity index (χ4n) is 8.57. The maximum absolute atomic E-state index is 15.1. The maximum Gasteiger partial charge on any atom is 0.313 e. The maximum atomic E-state index is 15.1. The molecule has 3 heterocycles. The number of benzene rings is 2. The summed E-state index contributed by atoms with van der Waals surface area (Å²) in [7, 11) is 0. The molecule has 3 aliphatic heterocycles. The standard InChI is InChI=1S/C42H55BrN4O7/c1-8-12-18-33(49)44-27(7)36(28-16-14-13-15-17-28)53-41(52)34-35-39(50)47(32(25-48)26(5)6)38(42(35)24-31(43)37(34)54-42)40(51)46(23-9-2)30-21-19-29(20-22-30)45(10-3)11-4/h8-9,13-17,19-22,26-27,31-32,34-38,48H,1-2,10-12,18,23-25H2,3-7H3,(H,44,49)/t27-,31?,32-,34-,35+,36-,37-,38-,42+/m0/s1. The number of carbonyl (C=O) groups is 4. The Bertz CT molecular complexity index is 1670. The lowest BCUT2D eigenvalue weighted by Gasteiger charge is -2.40. The molecule has 3 amide bonds. The van der Waals surface area contributed by atoms with E-state index in [0.29, 0.717) is 24.1 Å². The van der Waals surface area contributed by atoms with Crippen LogP contribution in [0.2, 0.25) is 0 Å². The number of rotatable bonds is 18. The number of allylic oxidation sites excluding steroid dienone is 1. The van der Waals surface area contributed by atoms with E-state index in [4.69, 9.17) is 9.47 Å². The van der Waals surface area contributed by atoms with Crippen molar-refractivity contribution < 1.29 is 33.8 Å². The summed E-state index contributed by atoms with van der Waals surface area (Å²) >= 11 is 3.76. The molecule has 11 nitrogen and oxygen atoms in total. The van der Waals surface area contributed by atoms with Crippen LogP contribution in [-0.2, 0) is 28.7 Å². The van der Waals surface area contributed by atoms with Crippen molar-refractivity contribution in [2.24, 2.45) is 17.8 Å². The average Bonchev–Trinajstić information content (AvgIpc) is 3.76. The molecular formula is C42H55BrN4O7. The Hall–Kier alpha value is -4.00. The lowest BCUT2D eigenvalue weighted by Crippen LogP contribution is -2.60. The zero-order chi connectivity index (χ0) is 39.3. The van der Waals surface area contributed by atoms with E-state index in [0.717, 1.165) is 18.8 Å². The first-order valence-corrected chi connectivity index (χ1v) is 20.0. The van der Waals surface area contributed by atoms with Crippen LogP contribution < -0.4 is 15.1 Å². The molecule has 3 saturated heterocycles. The first-order valence-electron chi connectivity index (χ1n) is 19.1. The van der Waals surface area contributed by atoms with Gasteiger partial charge in [-0.25, -0.2) is 0 Å². The third kappa shape index (κ3) is 7.75. The summed E-state index contributed by atoms with van der Waals surface area (Å²) in [4.78, 5) is 62.3. The first kappa shape index (κ1) is 41.2. The van der Waals surface area contributed by atoms with Gasteiger partial charge in [0.1, 0.15) is 17.7 Å². The molecular weight excluding hydrogens is 752 g/mol.